The van der Waals surface area contributed by atoms with E-state index in [2.05, 4.69) is 24.7 Å². The average molecular weight is 337 g/mol. The van der Waals surface area contributed by atoms with Gasteiger partial charge in [0.15, 0.2) is 0 Å². The van der Waals surface area contributed by atoms with Gasteiger partial charge in [-0.15, -0.1) is 0 Å². The predicted molar refractivity (Wildman–Crippen MR) is 90.5 cm³/mol. The molecule has 3 heterocycles. The molecule has 1 aromatic rings. The fourth-order valence-electron chi connectivity index (χ4n) is 3.17. The first-order chi connectivity index (χ1) is 11.7. The van der Waals surface area contributed by atoms with Gasteiger partial charge in [0.1, 0.15) is 0 Å². The Labute approximate surface area is 143 Å². The topological polar surface area (TPSA) is 74.2 Å². The number of anilines is 1. The van der Waals surface area contributed by atoms with Gasteiger partial charge in [0, 0.05) is 64.6 Å². The highest BCUT2D eigenvalue weighted by Gasteiger charge is 2.22. The van der Waals surface area contributed by atoms with Crippen molar-refractivity contribution in [2.75, 3.05) is 77.6 Å². The third-order valence-corrected chi connectivity index (χ3v) is 4.52. The maximum Gasteiger partial charge on any atom is 0.228 e. The van der Waals surface area contributed by atoms with Gasteiger partial charge in [-0.2, -0.15) is 4.98 Å². The minimum absolute atomic E-state index is 0.317. The second-order valence-corrected chi connectivity index (χ2v) is 6.25. The Kier molecular flexibility index (Phi) is 6.19. The summed E-state index contributed by atoms with van der Waals surface area (Å²) < 4.78 is 10.5. The highest BCUT2D eigenvalue weighted by molar-refractivity contribution is 5.32. The van der Waals surface area contributed by atoms with Gasteiger partial charge in [0.2, 0.25) is 11.8 Å². The average Bonchev–Trinajstić information content (AvgIpc) is 2.63. The van der Waals surface area contributed by atoms with E-state index in [1.165, 1.54) is 0 Å². The van der Waals surface area contributed by atoms with E-state index in [1.807, 2.05) is 0 Å². The Morgan fingerprint density at radius 2 is 1.79 bits per heavy atom. The number of β-amino-alcohol motifs (C(OH)–C–C–N with tert-alkyl or cyclic N) is 1. The smallest absolute Gasteiger partial charge is 0.228 e. The van der Waals surface area contributed by atoms with E-state index in [1.54, 1.807) is 19.4 Å². The van der Waals surface area contributed by atoms with E-state index >= 15 is 0 Å². The van der Waals surface area contributed by atoms with Crippen LogP contribution < -0.4 is 9.64 Å². The number of piperazine rings is 1. The lowest BCUT2D eigenvalue weighted by Crippen LogP contribution is -2.51. The summed E-state index contributed by atoms with van der Waals surface area (Å²) in [4.78, 5) is 15.4. The molecule has 1 aromatic heterocycles. The van der Waals surface area contributed by atoms with E-state index < -0.39 is 0 Å². The molecule has 0 amide bonds. The summed E-state index contributed by atoms with van der Waals surface area (Å²) in [5.41, 5.74) is 0. The molecule has 2 saturated heterocycles. The van der Waals surface area contributed by atoms with Gasteiger partial charge >= 0.3 is 0 Å². The zero-order valence-electron chi connectivity index (χ0n) is 14.3. The van der Waals surface area contributed by atoms with Crippen molar-refractivity contribution in [1.82, 2.24) is 19.8 Å². The van der Waals surface area contributed by atoms with Crippen molar-refractivity contribution >= 4 is 5.95 Å². The van der Waals surface area contributed by atoms with Crippen LogP contribution in [0.25, 0.3) is 0 Å². The largest absolute Gasteiger partial charge is 0.481 e. The fourth-order valence-corrected chi connectivity index (χ4v) is 3.17. The van der Waals surface area contributed by atoms with Crippen LogP contribution in [0.1, 0.15) is 0 Å². The molecule has 134 valence electrons. The molecule has 0 bridgehead atoms. The molecule has 1 N–H and O–H groups in total. The van der Waals surface area contributed by atoms with Crippen LogP contribution in [0.15, 0.2) is 12.3 Å². The van der Waals surface area contributed by atoms with Crippen LogP contribution in [0.5, 0.6) is 5.88 Å². The summed E-state index contributed by atoms with van der Waals surface area (Å²) in [5.74, 6) is 1.30. The summed E-state index contributed by atoms with van der Waals surface area (Å²) in [6, 6.07) is 1.75. The molecule has 1 atom stereocenters. The van der Waals surface area contributed by atoms with Crippen LogP contribution >= 0.6 is 0 Å². The number of methoxy groups -OCH3 is 1. The van der Waals surface area contributed by atoms with Crippen molar-refractivity contribution in [1.29, 1.82) is 0 Å². The minimum atomic E-state index is -0.317. The van der Waals surface area contributed by atoms with Gasteiger partial charge in [-0.1, -0.05) is 0 Å². The first-order valence-corrected chi connectivity index (χ1v) is 8.57. The monoisotopic (exact) mass is 337 g/mol. The number of aromatic nitrogens is 2. The number of ether oxygens (including phenoxy) is 2. The summed E-state index contributed by atoms with van der Waals surface area (Å²) in [6.45, 7) is 8.33. The van der Waals surface area contributed by atoms with Gasteiger partial charge in [0.25, 0.3) is 0 Å². The Bertz CT molecular complexity index is 504. The van der Waals surface area contributed by atoms with E-state index in [0.29, 0.717) is 18.4 Å². The molecule has 0 aliphatic carbocycles. The minimum Gasteiger partial charge on any atom is -0.481 e. The summed E-state index contributed by atoms with van der Waals surface area (Å²) in [7, 11) is 1.61. The maximum atomic E-state index is 10.3. The standard InChI is InChI=1S/C16H27N5O3/c1-23-15-2-3-17-16(18-15)21-6-4-19(5-7-21)12-14(22)13-20-8-10-24-11-9-20/h2-3,14,22H,4-13H2,1H3/t14-/m1/s1. The Hall–Kier alpha value is -1.48. The van der Waals surface area contributed by atoms with E-state index in [-0.39, 0.29) is 6.10 Å². The maximum absolute atomic E-state index is 10.3. The van der Waals surface area contributed by atoms with Crippen molar-refractivity contribution in [3.8, 4) is 5.88 Å². The molecule has 2 aliphatic heterocycles. The van der Waals surface area contributed by atoms with Crippen LogP contribution in [0, 0.1) is 0 Å². The molecule has 2 fully saturated rings. The van der Waals surface area contributed by atoms with E-state index in [9.17, 15) is 5.11 Å². The molecule has 2 aliphatic rings. The molecule has 8 nitrogen and oxygen atoms in total. The van der Waals surface area contributed by atoms with Gasteiger partial charge < -0.3 is 19.5 Å². The lowest BCUT2D eigenvalue weighted by atomic mass is 10.2. The number of aliphatic hydroxyl groups excluding tert-OH is 1. The molecule has 3 rings (SSSR count). The molecule has 0 radical (unpaired) electrons. The van der Waals surface area contributed by atoms with E-state index in [4.69, 9.17) is 9.47 Å². The van der Waals surface area contributed by atoms with Gasteiger partial charge in [0.05, 0.1) is 26.4 Å². The molecule has 0 unspecified atom stereocenters. The van der Waals surface area contributed by atoms with Crippen molar-refractivity contribution in [3.05, 3.63) is 12.3 Å². The molecule has 0 spiro atoms. The van der Waals surface area contributed by atoms with Crippen LogP contribution in [-0.2, 0) is 4.74 Å². The van der Waals surface area contributed by atoms with Crippen molar-refractivity contribution in [3.63, 3.8) is 0 Å². The zero-order valence-corrected chi connectivity index (χ0v) is 14.3. The lowest BCUT2D eigenvalue weighted by Gasteiger charge is -2.36. The number of hydrogen-bond acceptors (Lipinski definition) is 8. The van der Waals surface area contributed by atoms with Crippen LogP contribution in [0.2, 0.25) is 0 Å². The molecule has 24 heavy (non-hydrogen) atoms. The predicted octanol–water partition coefficient (Wildman–Crippen LogP) is -0.700. The number of rotatable bonds is 6. The first kappa shape index (κ1) is 17.3. The number of hydrogen-bond donors (Lipinski definition) is 1. The van der Waals surface area contributed by atoms with Gasteiger partial charge in [-0.3, -0.25) is 9.80 Å². The molecule has 0 saturated carbocycles. The summed E-state index contributed by atoms with van der Waals surface area (Å²) in [5, 5.41) is 10.3. The number of nitrogens with zero attached hydrogens (tertiary/aromatic N) is 5. The molecule has 0 aromatic carbocycles. The molecule has 8 heteroatoms. The first-order valence-electron chi connectivity index (χ1n) is 8.57. The normalized spacial score (nSPS) is 21.7. The van der Waals surface area contributed by atoms with Gasteiger partial charge in [-0.25, -0.2) is 4.98 Å². The highest BCUT2D eigenvalue weighted by Crippen LogP contribution is 2.14. The van der Waals surface area contributed by atoms with Crippen LogP contribution in [0.3, 0.4) is 0 Å². The quantitative estimate of drug-likeness (QED) is 0.731. The summed E-state index contributed by atoms with van der Waals surface area (Å²) >= 11 is 0. The zero-order chi connectivity index (χ0) is 16.8. The van der Waals surface area contributed by atoms with Crippen molar-refractivity contribution < 1.29 is 14.6 Å². The van der Waals surface area contributed by atoms with Crippen molar-refractivity contribution in [2.45, 2.75) is 6.10 Å². The Morgan fingerprint density at radius 1 is 1.12 bits per heavy atom. The fraction of sp³-hybridized carbons (Fsp3) is 0.750. The molecular weight excluding hydrogens is 310 g/mol. The second kappa shape index (κ2) is 8.57. The third kappa shape index (κ3) is 4.76. The summed E-state index contributed by atoms with van der Waals surface area (Å²) in [6.07, 6.45) is 1.40. The van der Waals surface area contributed by atoms with Crippen molar-refractivity contribution in [2.24, 2.45) is 0 Å². The third-order valence-electron chi connectivity index (χ3n) is 4.52. The molecular formula is C16H27N5O3. The Morgan fingerprint density at radius 3 is 2.46 bits per heavy atom. The second-order valence-electron chi connectivity index (χ2n) is 6.25. The number of aliphatic hydroxyl groups is 1. The van der Waals surface area contributed by atoms with Gasteiger partial charge in [-0.05, 0) is 0 Å². The highest BCUT2D eigenvalue weighted by atomic mass is 16.5. The Balaban J connectivity index is 1.42. The van der Waals surface area contributed by atoms with Crippen LogP contribution in [0.4, 0.5) is 5.95 Å². The SMILES string of the molecule is COc1ccnc(N2CCN(C[C@@H](O)CN3CCOCC3)CC2)n1. The van der Waals surface area contributed by atoms with Crippen LogP contribution in [-0.4, -0.2) is 104 Å². The lowest BCUT2D eigenvalue weighted by molar-refractivity contribution is 0.00654. The number of morpholine rings is 1. The van der Waals surface area contributed by atoms with E-state index in [0.717, 1.165) is 59.0 Å².